The minimum atomic E-state index is -0.142. The van der Waals surface area contributed by atoms with Gasteiger partial charge in [0, 0.05) is 40.8 Å². The summed E-state index contributed by atoms with van der Waals surface area (Å²) in [6.07, 6.45) is 13.2. The van der Waals surface area contributed by atoms with Crippen molar-refractivity contribution in [3.63, 3.8) is 0 Å². The Morgan fingerprint density at radius 1 is 1.10 bits per heavy atom. The topological polar surface area (TPSA) is 53.6 Å². The highest BCUT2D eigenvalue weighted by Crippen LogP contribution is 2.34. The van der Waals surface area contributed by atoms with Crippen LogP contribution in [0.15, 0.2) is 104 Å². The fourth-order valence-corrected chi connectivity index (χ4v) is 3.59. The van der Waals surface area contributed by atoms with Crippen LogP contribution in [0.1, 0.15) is 24.1 Å². The lowest BCUT2D eigenvalue weighted by Gasteiger charge is -2.24. The molecule has 30 heavy (non-hydrogen) atoms. The average molecular weight is 393 g/mol. The lowest BCUT2D eigenvalue weighted by atomic mass is 9.93. The maximum Gasteiger partial charge on any atom is 0.0890 e. The maximum absolute atomic E-state index is 4.48. The number of aromatic nitrogens is 3. The van der Waals surface area contributed by atoms with Crippen molar-refractivity contribution in [2.45, 2.75) is 13.0 Å². The third-order valence-electron chi connectivity index (χ3n) is 5.14. The van der Waals surface area contributed by atoms with Crippen LogP contribution >= 0.6 is 0 Å². The van der Waals surface area contributed by atoms with Crippen LogP contribution in [0.3, 0.4) is 0 Å². The monoisotopic (exact) mass is 392 g/mol. The van der Waals surface area contributed by atoms with Gasteiger partial charge in [-0.2, -0.15) is 0 Å². The van der Waals surface area contributed by atoms with E-state index in [0.717, 1.165) is 44.3 Å². The number of hydrogen-bond donors (Lipinski definition) is 2. The van der Waals surface area contributed by atoms with Gasteiger partial charge in [0.2, 0.25) is 0 Å². The van der Waals surface area contributed by atoms with Gasteiger partial charge in [0.25, 0.3) is 0 Å². The molecule has 2 aromatic carbocycles. The van der Waals surface area contributed by atoms with E-state index in [9.17, 15) is 0 Å². The Morgan fingerprint density at radius 2 is 1.90 bits per heavy atom. The first-order chi connectivity index (χ1) is 14.7. The molecule has 0 saturated carbocycles. The van der Waals surface area contributed by atoms with Crippen LogP contribution in [0, 0.1) is 0 Å². The second kappa shape index (κ2) is 8.62. The van der Waals surface area contributed by atoms with E-state index < -0.39 is 0 Å². The minimum absolute atomic E-state index is 0.142. The standard InChI is InChI=1S/C26H24N4/c1-4-6-9-20(5-2)30-26(19-12-13-24-25(16-19)28-15-14-27-24)18(3)22-17-29-23-11-8-7-10-21(22)23/h4-17,26,29-30H,1,3H2,2H3/b9-6-,20-5+. The Hall–Kier alpha value is -3.92. The van der Waals surface area contributed by atoms with Gasteiger partial charge in [0.1, 0.15) is 0 Å². The molecule has 4 nitrogen and oxygen atoms in total. The summed E-state index contributed by atoms with van der Waals surface area (Å²) in [5, 5.41) is 4.79. The zero-order valence-corrected chi connectivity index (χ0v) is 17.0. The minimum Gasteiger partial charge on any atom is -0.374 e. The summed E-state index contributed by atoms with van der Waals surface area (Å²) < 4.78 is 0. The normalized spacial score (nSPS) is 13.0. The summed E-state index contributed by atoms with van der Waals surface area (Å²) in [4.78, 5) is 12.2. The van der Waals surface area contributed by atoms with Crippen molar-refractivity contribution in [2.75, 3.05) is 0 Å². The molecule has 0 bridgehead atoms. The van der Waals surface area contributed by atoms with Crippen LogP contribution < -0.4 is 5.32 Å². The molecule has 0 spiro atoms. The quantitative estimate of drug-likeness (QED) is 0.374. The van der Waals surface area contributed by atoms with Gasteiger partial charge in [-0.25, -0.2) is 0 Å². The predicted octanol–water partition coefficient (Wildman–Crippen LogP) is 6.10. The smallest absolute Gasteiger partial charge is 0.0890 e. The van der Waals surface area contributed by atoms with Gasteiger partial charge in [-0.15, -0.1) is 0 Å². The molecular formula is C26H24N4. The molecule has 4 rings (SSSR count). The molecule has 0 amide bonds. The first-order valence-electron chi connectivity index (χ1n) is 9.89. The van der Waals surface area contributed by atoms with Crippen LogP contribution in [0.25, 0.3) is 27.5 Å². The predicted molar refractivity (Wildman–Crippen MR) is 126 cm³/mol. The van der Waals surface area contributed by atoms with E-state index in [0.29, 0.717) is 0 Å². The first kappa shape index (κ1) is 19.4. The van der Waals surface area contributed by atoms with Gasteiger partial charge < -0.3 is 10.3 Å². The van der Waals surface area contributed by atoms with Gasteiger partial charge in [0.15, 0.2) is 0 Å². The van der Waals surface area contributed by atoms with E-state index >= 15 is 0 Å². The molecule has 0 aliphatic heterocycles. The molecule has 0 aliphatic carbocycles. The van der Waals surface area contributed by atoms with Gasteiger partial charge in [-0.3, -0.25) is 9.97 Å². The molecule has 2 heterocycles. The van der Waals surface area contributed by atoms with Gasteiger partial charge in [0.05, 0.1) is 17.1 Å². The highest BCUT2D eigenvalue weighted by atomic mass is 14.9. The van der Waals surface area contributed by atoms with Crippen molar-refractivity contribution >= 4 is 27.5 Å². The Balaban J connectivity index is 1.80. The molecule has 4 heteroatoms. The summed E-state index contributed by atoms with van der Waals surface area (Å²) >= 11 is 0. The fraction of sp³-hybridized carbons (Fsp3) is 0.0769. The number of fused-ring (bicyclic) bond motifs is 2. The average Bonchev–Trinajstić information content (AvgIpc) is 3.23. The van der Waals surface area contributed by atoms with Crippen LogP contribution in [0.4, 0.5) is 0 Å². The van der Waals surface area contributed by atoms with Crippen molar-refractivity contribution in [3.8, 4) is 0 Å². The van der Waals surface area contributed by atoms with E-state index in [1.165, 1.54) is 0 Å². The summed E-state index contributed by atoms with van der Waals surface area (Å²) in [5.74, 6) is 0. The first-order valence-corrected chi connectivity index (χ1v) is 9.89. The zero-order chi connectivity index (χ0) is 20.9. The largest absolute Gasteiger partial charge is 0.374 e. The molecule has 0 fully saturated rings. The highest BCUT2D eigenvalue weighted by molar-refractivity contribution is 5.93. The van der Waals surface area contributed by atoms with E-state index in [1.807, 2.05) is 49.5 Å². The summed E-state index contributed by atoms with van der Waals surface area (Å²) in [5.41, 5.74) is 6.94. The Kier molecular flexibility index (Phi) is 5.57. The van der Waals surface area contributed by atoms with Crippen LogP contribution in [-0.4, -0.2) is 15.0 Å². The molecule has 2 aromatic heterocycles. The van der Waals surface area contributed by atoms with E-state index in [-0.39, 0.29) is 6.04 Å². The Labute approximate surface area is 176 Å². The second-order valence-corrected chi connectivity index (χ2v) is 6.99. The summed E-state index contributed by atoms with van der Waals surface area (Å²) in [7, 11) is 0. The van der Waals surface area contributed by atoms with Crippen molar-refractivity contribution < 1.29 is 0 Å². The van der Waals surface area contributed by atoms with E-state index in [2.05, 4.69) is 57.7 Å². The number of nitrogens with one attached hydrogen (secondary N) is 2. The molecular weight excluding hydrogens is 368 g/mol. The zero-order valence-electron chi connectivity index (χ0n) is 17.0. The Bertz CT molecular complexity index is 1280. The SMILES string of the molecule is C=C/C=C\C(=C/C)NC(C(=C)c1c[nH]c2ccccc12)c1ccc2nccnc2c1. The van der Waals surface area contributed by atoms with Crippen molar-refractivity contribution in [1.29, 1.82) is 0 Å². The lowest BCUT2D eigenvalue weighted by molar-refractivity contribution is 0.746. The van der Waals surface area contributed by atoms with Crippen molar-refractivity contribution in [3.05, 3.63) is 115 Å². The number of hydrogen-bond acceptors (Lipinski definition) is 3. The maximum atomic E-state index is 4.48. The lowest BCUT2D eigenvalue weighted by Crippen LogP contribution is -2.21. The number of nitrogens with zero attached hydrogens (tertiary/aromatic N) is 2. The van der Waals surface area contributed by atoms with Crippen LogP contribution in [0.5, 0.6) is 0 Å². The Morgan fingerprint density at radius 3 is 2.70 bits per heavy atom. The number of H-pyrrole nitrogens is 1. The van der Waals surface area contributed by atoms with Gasteiger partial charge in [-0.05, 0) is 42.3 Å². The summed E-state index contributed by atoms with van der Waals surface area (Å²) in [6.45, 7) is 10.3. The number of para-hydroxylation sites is 1. The summed E-state index contributed by atoms with van der Waals surface area (Å²) in [6, 6.07) is 14.3. The molecule has 1 atom stereocenters. The number of aromatic amines is 1. The van der Waals surface area contributed by atoms with Crippen LogP contribution in [0.2, 0.25) is 0 Å². The third kappa shape index (κ3) is 3.80. The van der Waals surface area contributed by atoms with Gasteiger partial charge in [-0.1, -0.05) is 55.7 Å². The fourth-order valence-electron chi connectivity index (χ4n) is 3.59. The second-order valence-electron chi connectivity index (χ2n) is 6.99. The van der Waals surface area contributed by atoms with Crippen molar-refractivity contribution in [2.24, 2.45) is 0 Å². The number of allylic oxidation sites excluding steroid dienone is 4. The highest BCUT2D eigenvalue weighted by Gasteiger charge is 2.20. The number of rotatable bonds is 7. The molecule has 4 aromatic rings. The molecule has 0 saturated heterocycles. The third-order valence-corrected chi connectivity index (χ3v) is 5.14. The molecule has 0 radical (unpaired) electrons. The molecule has 0 aliphatic rings. The van der Waals surface area contributed by atoms with Crippen LogP contribution in [-0.2, 0) is 0 Å². The molecule has 148 valence electrons. The van der Waals surface area contributed by atoms with Gasteiger partial charge >= 0.3 is 0 Å². The van der Waals surface area contributed by atoms with Crippen molar-refractivity contribution in [1.82, 2.24) is 20.3 Å². The van der Waals surface area contributed by atoms with E-state index in [4.69, 9.17) is 0 Å². The molecule has 1 unspecified atom stereocenters. The van der Waals surface area contributed by atoms with E-state index in [1.54, 1.807) is 18.5 Å². The molecule has 2 N–H and O–H groups in total. The number of benzene rings is 2.